The predicted octanol–water partition coefficient (Wildman–Crippen LogP) is 1.11. The summed E-state index contributed by atoms with van der Waals surface area (Å²) in [5.74, 6) is 0.0557. The largest absolute Gasteiger partial charge is 0.334 e. The van der Waals surface area contributed by atoms with Gasteiger partial charge in [0.15, 0.2) is 0 Å². The van der Waals surface area contributed by atoms with E-state index in [1.54, 1.807) is 0 Å². The highest BCUT2D eigenvalue weighted by Gasteiger charge is 2.29. The molecule has 1 saturated heterocycles. The number of nitrogens with zero attached hydrogens (tertiary/aromatic N) is 2. The molecule has 1 aliphatic heterocycles. The van der Waals surface area contributed by atoms with Crippen molar-refractivity contribution in [3.63, 3.8) is 0 Å². The molecular formula is C11H20N2O. The minimum Gasteiger partial charge on any atom is -0.334 e. The van der Waals surface area contributed by atoms with Crippen molar-refractivity contribution < 1.29 is 4.79 Å². The summed E-state index contributed by atoms with van der Waals surface area (Å²) in [4.78, 5) is 15.8. The molecule has 0 aliphatic carbocycles. The van der Waals surface area contributed by atoms with E-state index in [2.05, 4.69) is 32.3 Å². The van der Waals surface area contributed by atoms with E-state index in [0.29, 0.717) is 12.1 Å². The van der Waals surface area contributed by atoms with Gasteiger partial charge in [-0.25, -0.2) is 0 Å². The van der Waals surface area contributed by atoms with Crippen molar-refractivity contribution in [3.8, 4) is 0 Å². The molecule has 0 radical (unpaired) electrons. The number of carbonyl (C=O) groups excluding carboxylic acids is 1. The SMILES string of the molecule is C=CC(=O)N1CC(C)N(CC)CC1C. The van der Waals surface area contributed by atoms with Crippen LogP contribution in [0.2, 0.25) is 0 Å². The van der Waals surface area contributed by atoms with Gasteiger partial charge in [0.1, 0.15) is 0 Å². The Balaban J connectivity index is 2.66. The number of rotatable bonds is 2. The van der Waals surface area contributed by atoms with E-state index in [-0.39, 0.29) is 5.91 Å². The van der Waals surface area contributed by atoms with Crippen molar-refractivity contribution in [2.24, 2.45) is 0 Å². The molecule has 3 nitrogen and oxygen atoms in total. The van der Waals surface area contributed by atoms with Crippen molar-refractivity contribution >= 4 is 5.91 Å². The molecule has 0 saturated carbocycles. The van der Waals surface area contributed by atoms with E-state index in [4.69, 9.17) is 0 Å². The third-order valence-corrected chi connectivity index (χ3v) is 2.98. The molecule has 80 valence electrons. The Labute approximate surface area is 86.4 Å². The van der Waals surface area contributed by atoms with E-state index in [1.807, 2.05) is 4.90 Å². The number of piperazine rings is 1. The molecule has 0 N–H and O–H groups in total. The minimum absolute atomic E-state index is 0.0557. The summed E-state index contributed by atoms with van der Waals surface area (Å²) in [5, 5.41) is 0. The molecule has 0 spiro atoms. The van der Waals surface area contributed by atoms with Crippen LogP contribution in [0.4, 0.5) is 0 Å². The molecule has 0 aromatic rings. The van der Waals surface area contributed by atoms with E-state index in [9.17, 15) is 4.79 Å². The first-order valence-corrected chi connectivity index (χ1v) is 5.27. The summed E-state index contributed by atoms with van der Waals surface area (Å²) >= 11 is 0. The molecule has 1 fully saturated rings. The molecular weight excluding hydrogens is 176 g/mol. The Hall–Kier alpha value is -0.830. The Bertz CT molecular complexity index is 227. The van der Waals surface area contributed by atoms with Crippen molar-refractivity contribution in [1.82, 2.24) is 9.80 Å². The molecule has 3 heteroatoms. The zero-order valence-electron chi connectivity index (χ0n) is 9.36. The van der Waals surface area contributed by atoms with Crippen molar-refractivity contribution in [2.45, 2.75) is 32.9 Å². The standard InChI is InChI=1S/C11H20N2O/c1-5-11(14)13-8-9(3)12(6-2)7-10(13)4/h5,9-10H,1,6-8H2,2-4H3. The molecule has 1 rings (SSSR count). The van der Waals surface area contributed by atoms with Gasteiger partial charge >= 0.3 is 0 Å². The van der Waals surface area contributed by atoms with E-state index < -0.39 is 0 Å². The van der Waals surface area contributed by atoms with Crippen LogP contribution in [0.1, 0.15) is 20.8 Å². The van der Waals surface area contributed by atoms with Gasteiger partial charge in [-0.05, 0) is 26.5 Å². The first kappa shape index (κ1) is 11.2. The van der Waals surface area contributed by atoms with E-state index in [1.165, 1.54) is 6.08 Å². The first-order chi connectivity index (χ1) is 6.60. The fourth-order valence-corrected chi connectivity index (χ4v) is 2.06. The second-order valence-corrected chi connectivity index (χ2v) is 3.98. The quantitative estimate of drug-likeness (QED) is 0.618. The van der Waals surface area contributed by atoms with Gasteiger partial charge in [-0.3, -0.25) is 9.69 Å². The van der Waals surface area contributed by atoms with Crippen LogP contribution in [0.15, 0.2) is 12.7 Å². The van der Waals surface area contributed by atoms with Gasteiger partial charge in [0.2, 0.25) is 5.91 Å². The van der Waals surface area contributed by atoms with Crippen LogP contribution in [0.3, 0.4) is 0 Å². The average molecular weight is 196 g/mol. The molecule has 0 aromatic heterocycles. The molecule has 0 bridgehead atoms. The lowest BCUT2D eigenvalue weighted by molar-refractivity contribution is -0.131. The van der Waals surface area contributed by atoms with Gasteiger partial charge in [-0.2, -0.15) is 0 Å². The van der Waals surface area contributed by atoms with Gasteiger partial charge in [-0.1, -0.05) is 13.5 Å². The van der Waals surface area contributed by atoms with Gasteiger partial charge in [-0.15, -0.1) is 0 Å². The second-order valence-electron chi connectivity index (χ2n) is 3.98. The third kappa shape index (κ3) is 2.15. The van der Waals surface area contributed by atoms with Crippen LogP contribution in [-0.4, -0.2) is 47.4 Å². The Morgan fingerprint density at radius 2 is 2.07 bits per heavy atom. The van der Waals surface area contributed by atoms with Crippen LogP contribution in [0, 0.1) is 0 Å². The van der Waals surface area contributed by atoms with Crippen LogP contribution >= 0.6 is 0 Å². The molecule has 1 heterocycles. The number of hydrogen-bond donors (Lipinski definition) is 0. The maximum Gasteiger partial charge on any atom is 0.246 e. The summed E-state index contributed by atoms with van der Waals surface area (Å²) in [6, 6.07) is 0.761. The van der Waals surface area contributed by atoms with Gasteiger partial charge in [0, 0.05) is 25.2 Å². The van der Waals surface area contributed by atoms with Gasteiger partial charge in [0.05, 0.1) is 0 Å². The summed E-state index contributed by atoms with van der Waals surface area (Å²) in [6.07, 6.45) is 1.41. The third-order valence-electron chi connectivity index (χ3n) is 2.98. The lowest BCUT2D eigenvalue weighted by atomic mass is 10.1. The maximum atomic E-state index is 11.5. The van der Waals surface area contributed by atoms with Gasteiger partial charge < -0.3 is 4.90 Å². The molecule has 1 amide bonds. The Kier molecular flexibility index (Phi) is 3.69. The molecule has 0 aromatic carbocycles. The monoisotopic (exact) mass is 196 g/mol. The Morgan fingerprint density at radius 1 is 1.43 bits per heavy atom. The highest BCUT2D eigenvalue weighted by atomic mass is 16.2. The predicted molar refractivity (Wildman–Crippen MR) is 58.1 cm³/mol. The maximum absolute atomic E-state index is 11.5. The summed E-state index contributed by atoms with van der Waals surface area (Å²) in [7, 11) is 0. The number of carbonyl (C=O) groups is 1. The fourth-order valence-electron chi connectivity index (χ4n) is 2.06. The van der Waals surface area contributed by atoms with Gasteiger partial charge in [0.25, 0.3) is 0 Å². The minimum atomic E-state index is 0.0557. The normalized spacial score (nSPS) is 28.9. The zero-order valence-corrected chi connectivity index (χ0v) is 9.36. The average Bonchev–Trinajstić information content (AvgIpc) is 2.19. The van der Waals surface area contributed by atoms with Crippen LogP contribution in [-0.2, 0) is 4.79 Å². The van der Waals surface area contributed by atoms with Crippen LogP contribution < -0.4 is 0 Å². The molecule has 2 atom stereocenters. The number of likely N-dealkylation sites (N-methyl/N-ethyl adjacent to an activating group) is 1. The highest BCUT2D eigenvalue weighted by Crippen LogP contribution is 2.14. The molecule has 2 unspecified atom stereocenters. The zero-order chi connectivity index (χ0) is 10.7. The topological polar surface area (TPSA) is 23.6 Å². The lowest BCUT2D eigenvalue weighted by Crippen LogP contribution is -2.57. The van der Waals surface area contributed by atoms with Crippen molar-refractivity contribution in [3.05, 3.63) is 12.7 Å². The highest BCUT2D eigenvalue weighted by molar-refractivity contribution is 5.87. The van der Waals surface area contributed by atoms with Crippen LogP contribution in [0.5, 0.6) is 0 Å². The molecule has 14 heavy (non-hydrogen) atoms. The fraction of sp³-hybridized carbons (Fsp3) is 0.727. The summed E-state index contributed by atoms with van der Waals surface area (Å²) in [6.45, 7) is 12.8. The van der Waals surface area contributed by atoms with Crippen molar-refractivity contribution in [2.75, 3.05) is 19.6 Å². The Morgan fingerprint density at radius 3 is 2.57 bits per heavy atom. The summed E-state index contributed by atoms with van der Waals surface area (Å²) < 4.78 is 0. The van der Waals surface area contributed by atoms with E-state index in [0.717, 1.165) is 19.6 Å². The van der Waals surface area contributed by atoms with Crippen molar-refractivity contribution in [1.29, 1.82) is 0 Å². The number of hydrogen-bond acceptors (Lipinski definition) is 2. The number of amides is 1. The lowest BCUT2D eigenvalue weighted by Gasteiger charge is -2.43. The smallest absolute Gasteiger partial charge is 0.246 e. The van der Waals surface area contributed by atoms with E-state index >= 15 is 0 Å². The second kappa shape index (κ2) is 4.60. The van der Waals surface area contributed by atoms with Crippen LogP contribution in [0.25, 0.3) is 0 Å². The summed E-state index contributed by atoms with van der Waals surface area (Å²) in [5.41, 5.74) is 0. The molecule has 1 aliphatic rings. The first-order valence-electron chi connectivity index (χ1n) is 5.27.